The van der Waals surface area contributed by atoms with Gasteiger partial charge in [0, 0.05) is 5.88 Å². The zero-order chi connectivity index (χ0) is 17.2. The summed E-state index contributed by atoms with van der Waals surface area (Å²) >= 11 is 5.76. The average Bonchev–Trinajstić information content (AvgIpc) is 2.52. The minimum atomic E-state index is 0. The molecule has 0 aliphatic rings. The predicted octanol–water partition coefficient (Wildman–Crippen LogP) is 4.18. The van der Waals surface area contributed by atoms with E-state index in [2.05, 4.69) is 21.0 Å². The summed E-state index contributed by atoms with van der Waals surface area (Å²) in [6, 6.07) is 0. The predicted molar refractivity (Wildman–Crippen MR) is 107 cm³/mol. The molecule has 24 heavy (non-hydrogen) atoms. The van der Waals surface area contributed by atoms with Gasteiger partial charge in [-0.1, -0.05) is 77.6 Å². The lowest BCUT2D eigenvalue weighted by Gasteiger charge is -2.29. The third-order valence-corrected chi connectivity index (χ3v) is 5.28. The van der Waals surface area contributed by atoms with Crippen molar-refractivity contribution < 1.29 is 16.9 Å². The third-order valence-electron chi connectivity index (χ3n) is 5.01. The highest BCUT2D eigenvalue weighted by atomic mass is 35.5. The van der Waals surface area contributed by atoms with E-state index in [9.17, 15) is 0 Å². The van der Waals surface area contributed by atoms with Crippen LogP contribution in [-0.4, -0.2) is 37.5 Å². The van der Waals surface area contributed by atoms with Crippen molar-refractivity contribution in [2.75, 3.05) is 33.1 Å². The molecule has 3 heteroatoms. The monoisotopic (exact) mass is 381 g/mol. The molecule has 0 amide bonds. The van der Waals surface area contributed by atoms with Gasteiger partial charge in [-0.3, -0.25) is 0 Å². The molecule has 0 atom stereocenters. The van der Waals surface area contributed by atoms with Crippen LogP contribution in [0.3, 0.4) is 0 Å². The highest BCUT2D eigenvalue weighted by Gasteiger charge is 2.13. The van der Waals surface area contributed by atoms with Crippen molar-refractivity contribution in [3.05, 3.63) is 0 Å². The summed E-state index contributed by atoms with van der Waals surface area (Å²) in [7, 11) is 4.74. The standard InChI is InChI=1S/C21H45ClN.ClH/c1-4-5-6-7-8-9-10-11-12-13-14-15-17-20-23(2,3)21-18-16-19-22;/h4-21H2,1-3H3;1H/q+1;/p-1. The fourth-order valence-corrected chi connectivity index (χ4v) is 3.49. The van der Waals surface area contributed by atoms with Gasteiger partial charge in [-0.05, 0) is 25.7 Å². The molecular weight excluding hydrogens is 337 g/mol. The molecular formula is C21H45Cl2N. The number of quaternary nitrogens is 1. The molecule has 0 aromatic rings. The van der Waals surface area contributed by atoms with E-state index in [1.54, 1.807) is 0 Å². The zero-order valence-electron chi connectivity index (χ0n) is 16.9. The normalized spacial score (nSPS) is 11.5. The van der Waals surface area contributed by atoms with E-state index in [1.165, 1.54) is 114 Å². The van der Waals surface area contributed by atoms with Gasteiger partial charge in [0.05, 0.1) is 27.2 Å². The first-order chi connectivity index (χ1) is 11.1. The summed E-state index contributed by atoms with van der Waals surface area (Å²) in [5.41, 5.74) is 0. The van der Waals surface area contributed by atoms with Crippen molar-refractivity contribution in [2.45, 2.75) is 103 Å². The summed E-state index contributed by atoms with van der Waals surface area (Å²) in [5.74, 6) is 0.818. The van der Waals surface area contributed by atoms with Crippen LogP contribution in [0.1, 0.15) is 103 Å². The molecule has 148 valence electrons. The molecule has 0 unspecified atom stereocenters. The highest BCUT2D eigenvalue weighted by molar-refractivity contribution is 6.17. The number of hydrogen-bond acceptors (Lipinski definition) is 0. The van der Waals surface area contributed by atoms with Crippen LogP contribution in [0.4, 0.5) is 0 Å². The summed E-state index contributed by atoms with van der Waals surface area (Å²) in [5, 5.41) is 0. The third kappa shape index (κ3) is 20.6. The van der Waals surface area contributed by atoms with Crippen LogP contribution in [0.25, 0.3) is 0 Å². The summed E-state index contributed by atoms with van der Waals surface area (Å²) < 4.78 is 1.18. The average molecular weight is 383 g/mol. The SMILES string of the molecule is CCCCCCCCCCCCCCC[N+](C)(C)CCCCCl.[Cl-]. The lowest BCUT2D eigenvalue weighted by Crippen LogP contribution is -3.00. The Bertz CT molecular complexity index is 232. The van der Waals surface area contributed by atoms with E-state index >= 15 is 0 Å². The Kier molecular flexibility index (Phi) is 22.1. The Morgan fingerprint density at radius 1 is 0.542 bits per heavy atom. The van der Waals surface area contributed by atoms with Gasteiger partial charge in [0.1, 0.15) is 0 Å². The first-order valence-corrected chi connectivity index (χ1v) is 11.0. The summed E-state index contributed by atoms with van der Waals surface area (Å²) in [4.78, 5) is 0. The van der Waals surface area contributed by atoms with E-state index in [0.29, 0.717) is 0 Å². The van der Waals surface area contributed by atoms with Crippen molar-refractivity contribution in [1.82, 2.24) is 0 Å². The molecule has 0 bridgehead atoms. The zero-order valence-corrected chi connectivity index (χ0v) is 18.4. The van der Waals surface area contributed by atoms with Crippen LogP contribution in [0.15, 0.2) is 0 Å². The topological polar surface area (TPSA) is 0 Å². The molecule has 0 heterocycles. The lowest BCUT2D eigenvalue weighted by atomic mass is 10.0. The first kappa shape index (κ1) is 26.8. The molecule has 0 aromatic carbocycles. The molecule has 0 aromatic heterocycles. The van der Waals surface area contributed by atoms with Gasteiger partial charge in [0.25, 0.3) is 0 Å². The highest BCUT2D eigenvalue weighted by Crippen LogP contribution is 2.13. The molecule has 0 aliphatic heterocycles. The summed E-state index contributed by atoms with van der Waals surface area (Å²) in [6.45, 7) is 4.91. The van der Waals surface area contributed by atoms with Crippen molar-refractivity contribution in [1.29, 1.82) is 0 Å². The fourth-order valence-electron chi connectivity index (χ4n) is 3.30. The first-order valence-electron chi connectivity index (χ1n) is 10.5. The number of unbranched alkanes of at least 4 members (excludes halogenated alkanes) is 13. The quantitative estimate of drug-likeness (QED) is 0.190. The number of hydrogen-bond donors (Lipinski definition) is 0. The van der Waals surface area contributed by atoms with Crippen molar-refractivity contribution in [2.24, 2.45) is 0 Å². The van der Waals surface area contributed by atoms with Crippen LogP contribution in [-0.2, 0) is 0 Å². The maximum atomic E-state index is 5.76. The van der Waals surface area contributed by atoms with Crippen molar-refractivity contribution in [3.8, 4) is 0 Å². The summed E-state index contributed by atoms with van der Waals surface area (Å²) in [6.07, 6.45) is 21.2. The molecule has 0 N–H and O–H groups in total. The van der Waals surface area contributed by atoms with Crippen LogP contribution in [0.5, 0.6) is 0 Å². The second kappa shape index (κ2) is 19.9. The number of nitrogens with zero attached hydrogens (tertiary/aromatic N) is 1. The molecule has 0 saturated heterocycles. The van der Waals surface area contributed by atoms with Crippen LogP contribution < -0.4 is 12.4 Å². The Labute approximate surface area is 164 Å². The van der Waals surface area contributed by atoms with Crippen LogP contribution in [0, 0.1) is 0 Å². The minimum Gasteiger partial charge on any atom is -1.00 e. The Morgan fingerprint density at radius 3 is 1.25 bits per heavy atom. The molecule has 1 nitrogen and oxygen atoms in total. The number of halogens is 2. The molecule has 0 rings (SSSR count). The van der Waals surface area contributed by atoms with E-state index in [-0.39, 0.29) is 12.4 Å². The maximum Gasteiger partial charge on any atom is 0.0782 e. The Morgan fingerprint density at radius 2 is 0.875 bits per heavy atom. The van der Waals surface area contributed by atoms with Gasteiger partial charge in [-0.25, -0.2) is 0 Å². The number of alkyl halides is 1. The largest absolute Gasteiger partial charge is 1.00 e. The van der Waals surface area contributed by atoms with Crippen LogP contribution >= 0.6 is 11.6 Å². The van der Waals surface area contributed by atoms with E-state index in [4.69, 9.17) is 11.6 Å². The molecule has 0 radical (unpaired) electrons. The van der Waals surface area contributed by atoms with Gasteiger partial charge in [-0.2, -0.15) is 0 Å². The second-order valence-electron chi connectivity index (χ2n) is 8.02. The van der Waals surface area contributed by atoms with Crippen LogP contribution in [0.2, 0.25) is 0 Å². The molecule has 0 aliphatic carbocycles. The fraction of sp³-hybridized carbons (Fsp3) is 1.00. The van der Waals surface area contributed by atoms with Gasteiger partial charge >= 0.3 is 0 Å². The number of rotatable bonds is 18. The second-order valence-corrected chi connectivity index (χ2v) is 8.40. The van der Waals surface area contributed by atoms with Gasteiger partial charge < -0.3 is 16.9 Å². The Hall–Kier alpha value is 0.540. The lowest BCUT2D eigenvalue weighted by molar-refractivity contribution is -0.890. The van der Waals surface area contributed by atoms with E-state index in [1.807, 2.05) is 0 Å². The molecule has 0 fully saturated rings. The van der Waals surface area contributed by atoms with Crippen molar-refractivity contribution >= 4 is 11.6 Å². The molecule has 0 spiro atoms. The maximum absolute atomic E-state index is 5.76. The van der Waals surface area contributed by atoms with Gasteiger partial charge in [0.15, 0.2) is 0 Å². The Balaban J connectivity index is 0. The molecule has 0 saturated carbocycles. The van der Waals surface area contributed by atoms with Gasteiger partial charge in [0.2, 0.25) is 0 Å². The van der Waals surface area contributed by atoms with E-state index in [0.717, 1.165) is 5.88 Å². The van der Waals surface area contributed by atoms with E-state index < -0.39 is 0 Å². The van der Waals surface area contributed by atoms with Gasteiger partial charge in [-0.15, -0.1) is 11.6 Å². The van der Waals surface area contributed by atoms with Crippen molar-refractivity contribution in [3.63, 3.8) is 0 Å². The minimum absolute atomic E-state index is 0. The smallest absolute Gasteiger partial charge is 0.0782 e.